The van der Waals surface area contributed by atoms with Crippen LogP contribution in [0.4, 0.5) is 29.3 Å². The van der Waals surface area contributed by atoms with Crippen LogP contribution in [0.25, 0.3) is 0 Å². The molecule has 3 rings (SSSR count). The Kier molecular flexibility index (Phi) is 5.27. The van der Waals surface area contributed by atoms with Crippen molar-refractivity contribution in [3.63, 3.8) is 0 Å². The van der Waals surface area contributed by atoms with E-state index in [4.69, 9.17) is 11.6 Å². The van der Waals surface area contributed by atoms with Gasteiger partial charge in [0.2, 0.25) is 0 Å². The molecule has 1 N–H and O–H groups in total. The molecule has 2 amide bonds. The second-order valence-corrected chi connectivity index (χ2v) is 6.36. The Hall–Kier alpha value is -2.41. The summed E-state index contributed by atoms with van der Waals surface area (Å²) >= 11 is 5.81. The quantitative estimate of drug-likeness (QED) is 0.815. The zero-order chi connectivity index (χ0) is 18.7. The van der Waals surface area contributed by atoms with E-state index in [-0.39, 0.29) is 11.7 Å². The van der Waals surface area contributed by atoms with Crippen molar-refractivity contribution in [2.24, 2.45) is 0 Å². The van der Waals surface area contributed by atoms with E-state index in [0.717, 1.165) is 6.07 Å². The van der Waals surface area contributed by atoms with E-state index < -0.39 is 11.7 Å². The minimum atomic E-state index is -4.40. The molecule has 1 saturated heterocycles. The normalized spacial score (nSPS) is 15.1. The molecule has 1 aliphatic rings. The maximum absolute atomic E-state index is 13.2. The molecule has 0 atom stereocenters. The average molecular weight is 384 g/mol. The number of hydrogen-bond acceptors (Lipinski definition) is 2. The SMILES string of the molecule is O=C(Nc1ccc(Cl)cc1)N1CCN(c2ccccc2C(F)(F)F)CC1. The number of urea groups is 1. The molecule has 0 unspecified atom stereocenters. The first-order valence-corrected chi connectivity index (χ1v) is 8.45. The fourth-order valence-corrected chi connectivity index (χ4v) is 3.00. The summed E-state index contributed by atoms with van der Waals surface area (Å²) in [5.41, 5.74) is 0.112. The Bertz CT molecular complexity index is 772. The zero-order valence-electron chi connectivity index (χ0n) is 13.8. The van der Waals surface area contributed by atoms with Gasteiger partial charge in [-0.15, -0.1) is 0 Å². The lowest BCUT2D eigenvalue weighted by Crippen LogP contribution is -2.50. The van der Waals surface area contributed by atoms with Gasteiger partial charge in [0.25, 0.3) is 0 Å². The molecular formula is C18H17ClF3N3O. The number of nitrogens with one attached hydrogen (secondary N) is 1. The third-order valence-electron chi connectivity index (χ3n) is 4.21. The summed E-state index contributed by atoms with van der Waals surface area (Å²) in [4.78, 5) is 15.6. The number of piperazine rings is 1. The summed E-state index contributed by atoms with van der Waals surface area (Å²) in [5, 5.41) is 3.33. The van der Waals surface area contributed by atoms with Crippen LogP contribution in [0.5, 0.6) is 0 Å². The number of carbonyl (C=O) groups excluding carboxylic acids is 1. The molecule has 0 bridgehead atoms. The molecule has 1 fully saturated rings. The zero-order valence-corrected chi connectivity index (χ0v) is 14.5. The van der Waals surface area contributed by atoms with Crippen molar-refractivity contribution in [2.45, 2.75) is 6.18 Å². The van der Waals surface area contributed by atoms with E-state index in [1.807, 2.05) is 0 Å². The summed E-state index contributed by atoms with van der Waals surface area (Å²) in [6.45, 7) is 1.35. The van der Waals surface area contributed by atoms with Crippen LogP contribution in [0.1, 0.15) is 5.56 Å². The Morgan fingerprint density at radius 1 is 0.962 bits per heavy atom. The molecule has 0 aromatic heterocycles. The Morgan fingerprint density at radius 3 is 2.19 bits per heavy atom. The van der Waals surface area contributed by atoms with Crippen molar-refractivity contribution in [1.29, 1.82) is 0 Å². The van der Waals surface area contributed by atoms with Gasteiger partial charge in [-0.25, -0.2) is 4.79 Å². The minimum absolute atomic E-state index is 0.151. The van der Waals surface area contributed by atoms with Crippen LogP contribution >= 0.6 is 11.6 Å². The number of para-hydroxylation sites is 1. The van der Waals surface area contributed by atoms with Crippen LogP contribution in [0.3, 0.4) is 0 Å². The van der Waals surface area contributed by atoms with E-state index in [2.05, 4.69) is 5.32 Å². The molecule has 2 aromatic rings. The van der Waals surface area contributed by atoms with Gasteiger partial charge in [-0.05, 0) is 36.4 Å². The molecule has 2 aromatic carbocycles. The van der Waals surface area contributed by atoms with Gasteiger partial charge in [0.05, 0.1) is 5.56 Å². The molecule has 0 radical (unpaired) electrons. The highest BCUT2D eigenvalue weighted by Crippen LogP contribution is 2.36. The highest BCUT2D eigenvalue weighted by Gasteiger charge is 2.35. The number of carbonyl (C=O) groups is 1. The number of amides is 2. The van der Waals surface area contributed by atoms with Gasteiger partial charge < -0.3 is 15.1 Å². The molecule has 0 spiro atoms. The van der Waals surface area contributed by atoms with Crippen molar-refractivity contribution in [1.82, 2.24) is 4.90 Å². The van der Waals surface area contributed by atoms with Crippen LogP contribution in [0, 0.1) is 0 Å². The van der Waals surface area contributed by atoms with Crippen molar-refractivity contribution in [2.75, 3.05) is 36.4 Å². The fourth-order valence-electron chi connectivity index (χ4n) is 2.88. The van der Waals surface area contributed by atoms with Gasteiger partial charge in [-0.3, -0.25) is 0 Å². The van der Waals surface area contributed by atoms with E-state index >= 15 is 0 Å². The molecule has 0 aliphatic carbocycles. The third kappa shape index (κ3) is 4.22. The first kappa shape index (κ1) is 18.4. The van der Waals surface area contributed by atoms with Crippen molar-refractivity contribution < 1.29 is 18.0 Å². The molecule has 8 heteroatoms. The summed E-state index contributed by atoms with van der Waals surface area (Å²) < 4.78 is 39.5. The molecule has 26 heavy (non-hydrogen) atoms. The van der Waals surface area contributed by atoms with Gasteiger partial charge in [-0.2, -0.15) is 13.2 Å². The Morgan fingerprint density at radius 2 is 1.58 bits per heavy atom. The second-order valence-electron chi connectivity index (χ2n) is 5.93. The number of rotatable bonds is 2. The molecule has 138 valence electrons. The molecule has 1 aliphatic heterocycles. The van der Waals surface area contributed by atoms with Crippen LogP contribution in [0.2, 0.25) is 5.02 Å². The lowest BCUT2D eigenvalue weighted by atomic mass is 10.1. The number of benzene rings is 2. The first-order valence-electron chi connectivity index (χ1n) is 8.07. The van der Waals surface area contributed by atoms with Crippen molar-refractivity contribution >= 4 is 29.0 Å². The van der Waals surface area contributed by atoms with E-state index in [0.29, 0.717) is 36.9 Å². The molecule has 0 saturated carbocycles. The summed E-state index contributed by atoms with van der Waals surface area (Å²) in [7, 11) is 0. The standard InChI is InChI=1S/C18H17ClF3N3O/c19-13-5-7-14(8-6-13)23-17(26)25-11-9-24(10-12-25)16-4-2-1-3-15(16)18(20,21)22/h1-8H,9-12H2,(H,23,26). The number of nitrogens with zero attached hydrogens (tertiary/aromatic N) is 2. The van der Waals surface area contributed by atoms with Crippen LogP contribution < -0.4 is 10.2 Å². The van der Waals surface area contributed by atoms with Gasteiger partial charge in [-0.1, -0.05) is 23.7 Å². The number of halogens is 4. The van der Waals surface area contributed by atoms with Crippen LogP contribution in [-0.4, -0.2) is 37.1 Å². The molecule has 4 nitrogen and oxygen atoms in total. The molecule has 1 heterocycles. The Balaban J connectivity index is 1.63. The maximum Gasteiger partial charge on any atom is 0.418 e. The lowest BCUT2D eigenvalue weighted by Gasteiger charge is -2.37. The van der Waals surface area contributed by atoms with Gasteiger partial charge in [0.1, 0.15) is 0 Å². The topological polar surface area (TPSA) is 35.6 Å². The average Bonchev–Trinajstić information content (AvgIpc) is 2.63. The lowest BCUT2D eigenvalue weighted by molar-refractivity contribution is -0.137. The fraction of sp³-hybridized carbons (Fsp3) is 0.278. The smallest absolute Gasteiger partial charge is 0.367 e. The first-order chi connectivity index (χ1) is 12.3. The van der Waals surface area contributed by atoms with E-state index in [1.54, 1.807) is 40.1 Å². The van der Waals surface area contributed by atoms with Gasteiger partial charge in [0, 0.05) is 42.6 Å². The number of anilines is 2. The highest BCUT2D eigenvalue weighted by molar-refractivity contribution is 6.30. The summed E-state index contributed by atoms with van der Waals surface area (Å²) in [5.74, 6) is 0. The van der Waals surface area contributed by atoms with Crippen LogP contribution in [-0.2, 0) is 6.18 Å². The molecular weight excluding hydrogens is 367 g/mol. The number of alkyl halides is 3. The van der Waals surface area contributed by atoms with Crippen molar-refractivity contribution in [3.8, 4) is 0 Å². The highest BCUT2D eigenvalue weighted by atomic mass is 35.5. The second kappa shape index (κ2) is 7.45. The van der Waals surface area contributed by atoms with Gasteiger partial charge >= 0.3 is 12.2 Å². The Labute approximate surface area is 154 Å². The maximum atomic E-state index is 13.2. The predicted octanol–water partition coefficient (Wildman–Crippen LogP) is 4.71. The largest absolute Gasteiger partial charge is 0.418 e. The minimum Gasteiger partial charge on any atom is -0.367 e. The van der Waals surface area contributed by atoms with Crippen LogP contribution in [0.15, 0.2) is 48.5 Å². The van der Waals surface area contributed by atoms with E-state index in [9.17, 15) is 18.0 Å². The number of hydrogen-bond donors (Lipinski definition) is 1. The monoisotopic (exact) mass is 383 g/mol. The van der Waals surface area contributed by atoms with Crippen molar-refractivity contribution in [3.05, 3.63) is 59.1 Å². The summed E-state index contributed by atoms with van der Waals surface area (Å²) in [6.07, 6.45) is -4.40. The van der Waals surface area contributed by atoms with Gasteiger partial charge in [0.15, 0.2) is 0 Å². The third-order valence-corrected chi connectivity index (χ3v) is 4.46. The predicted molar refractivity (Wildman–Crippen MR) is 95.7 cm³/mol. The summed E-state index contributed by atoms with van der Waals surface area (Å²) in [6, 6.07) is 11.9. The van der Waals surface area contributed by atoms with E-state index in [1.165, 1.54) is 12.1 Å².